The fraction of sp³-hybridized carbons (Fsp3) is 0.700. The van der Waals surface area contributed by atoms with E-state index in [0.717, 1.165) is 12.2 Å². The number of aryl methyl sites for hydroxylation is 2. The molecule has 0 unspecified atom stereocenters. The van der Waals surface area contributed by atoms with Gasteiger partial charge in [-0.3, -0.25) is 4.68 Å². The Hall–Kier alpha value is -0.830. The van der Waals surface area contributed by atoms with Crippen molar-refractivity contribution in [1.82, 2.24) is 9.78 Å². The lowest BCUT2D eigenvalue weighted by atomic mass is 9.94. The summed E-state index contributed by atoms with van der Waals surface area (Å²) in [6.07, 6.45) is 0. The molecule has 0 saturated carbocycles. The molecule has 0 aromatic carbocycles. The molecule has 0 aliphatic carbocycles. The van der Waals surface area contributed by atoms with Crippen molar-refractivity contribution in [3.63, 3.8) is 0 Å². The molecular formula is C10H19N3. The molecule has 0 aliphatic heterocycles. The third-order valence-corrected chi connectivity index (χ3v) is 2.23. The van der Waals surface area contributed by atoms with Crippen LogP contribution < -0.4 is 5.73 Å². The predicted octanol–water partition coefficient (Wildman–Crippen LogP) is 1.48. The zero-order valence-electron chi connectivity index (χ0n) is 8.96. The predicted molar refractivity (Wildman–Crippen MR) is 54.5 cm³/mol. The van der Waals surface area contributed by atoms with E-state index in [-0.39, 0.29) is 5.41 Å². The second kappa shape index (κ2) is 3.50. The molecule has 0 spiro atoms. The minimum absolute atomic E-state index is 0.128. The van der Waals surface area contributed by atoms with Crippen LogP contribution in [0.1, 0.15) is 25.2 Å². The van der Waals surface area contributed by atoms with Crippen LogP contribution in [0.2, 0.25) is 0 Å². The second-order valence-electron chi connectivity index (χ2n) is 4.45. The van der Waals surface area contributed by atoms with Gasteiger partial charge in [0.2, 0.25) is 0 Å². The van der Waals surface area contributed by atoms with Crippen molar-refractivity contribution in [2.24, 2.45) is 11.1 Å². The van der Waals surface area contributed by atoms with E-state index < -0.39 is 0 Å². The lowest BCUT2D eigenvalue weighted by Gasteiger charge is -2.22. The number of rotatable bonds is 3. The summed E-state index contributed by atoms with van der Waals surface area (Å²) in [6.45, 7) is 9.98. The second-order valence-corrected chi connectivity index (χ2v) is 4.45. The summed E-state index contributed by atoms with van der Waals surface area (Å²) in [7, 11) is 0. The zero-order chi connectivity index (χ0) is 10.1. The van der Waals surface area contributed by atoms with Gasteiger partial charge >= 0.3 is 0 Å². The summed E-state index contributed by atoms with van der Waals surface area (Å²) in [6, 6.07) is 2.09. The summed E-state index contributed by atoms with van der Waals surface area (Å²) in [5.41, 5.74) is 8.08. The Balaban J connectivity index is 2.79. The van der Waals surface area contributed by atoms with Gasteiger partial charge in [-0.1, -0.05) is 13.8 Å². The minimum Gasteiger partial charge on any atom is -0.330 e. The number of hydrogen-bond donors (Lipinski definition) is 1. The zero-order valence-corrected chi connectivity index (χ0v) is 8.96. The van der Waals surface area contributed by atoms with E-state index >= 15 is 0 Å². The SMILES string of the molecule is Cc1cc(C)n(CC(C)(C)CN)n1. The van der Waals surface area contributed by atoms with Gasteiger partial charge in [-0.2, -0.15) is 5.10 Å². The topological polar surface area (TPSA) is 43.8 Å². The molecule has 0 saturated heterocycles. The number of aromatic nitrogens is 2. The van der Waals surface area contributed by atoms with E-state index in [0.29, 0.717) is 6.54 Å². The molecule has 1 rings (SSSR count). The van der Waals surface area contributed by atoms with E-state index in [1.54, 1.807) is 0 Å². The molecule has 0 fully saturated rings. The fourth-order valence-corrected chi connectivity index (χ4v) is 1.30. The van der Waals surface area contributed by atoms with E-state index in [1.165, 1.54) is 5.69 Å². The summed E-state index contributed by atoms with van der Waals surface area (Å²) in [4.78, 5) is 0. The Morgan fingerprint density at radius 1 is 1.46 bits per heavy atom. The molecule has 0 radical (unpaired) electrons. The monoisotopic (exact) mass is 181 g/mol. The Morgan fingerprint density at radius 3 is 2.46 bits per heavy atom. The Morgan fingerprint density at radius 2 is 2.08 bits per heavy atom. The van der Waals surface area contributed by atoms with Crippen LogP contribution in [-0.2, 0) is 6.54 Å². The molecule has 3 nitrogen and oxygen atoms in total. The van der Waals surface area contributed by atoms with Gasteiger partial charge in [0.25, 0.3) is 0 Å². The molecule has 2 N–H and O–H groups in total. The first-order chi connectivity index (χ1) is 5.94. The van der Waals surface area contributed by atoms with Crippen molar-refractivity contribution in [3.8, 4) is 0 Å². The average Bonchev–Trinajstić information content (AvgIpc) is 2.30. The highest BCUT2D eigenvalue weighted by Gasteiger charge is 2.17. The molecule has 0 atom stereocenters. The summed E-state index contributed by atoms with van der Waals surface area (Å²) in [5.74, 6) is 0. The highest BCUT2D eigenvalue weighted by molar-refractivity contribution is 5.06. The van der Waals surface area contributed by atoms with Crippen molar-refractivity contribution in [1.29, 1.82) is 0 Å². The molecule has 1 aromatic heterocycles. The molecule has 13 heavy (non-hydrogen) atoms. The van der Waals surface area contributed by atoms with Crippen LogP contribution in [0.3, 0.4) is 0 Å². The van der Waals surface area contributed by atoms with E-state index in [1.807, 2.05) is 11.6 Å². The average molecular weight is 181 g/mol. The lowest BCUT2D eigenvalue weighted by molar-refractivity contribution is 0.298. The van der Waals surface area contributed by atoms with Gasteiger partial charge in [-0.05, 0) is 31.9 Å². The van der Waals surface area contributed by atoms with Gasteiger partial charge in [-0.15, -0.1) is 0 Å². The maximum Gasteiger partial charge on any atom is 0.0596 e. The van der Waals surface area contributed by atoms with E-state index in [9.17, 15) is 0 Å². The van der Waals surface area contributed by atoms with Gasteiger partial charge in [0.15, 0.2) is 0 Å². The van der Waals surface area contributed by atoms with Crippen LogP contribution in [0.4, 0.5) is 0 Å². The van der Waals surface area contributed by atoms with Gasteiger partial charge < -0.3 is 5.73 Å². The van der Waals surface area contributed by atoms with Crippen LogP contribution in [-0.4, -0.2) is 16.3 Å². The molecule has 0 bridgehead atoms. The molecule has 3 heteroatoms. The quantitative estimate of drug-likeness (QED) is 0.767. The maximum atomic E-state index is 5.67. The van der Waals surface area contributed by atoms with Crippen molar-refractivity contribution in [2.45, 2.75) is 34.2 Å². The summed E-state index contributed by atoms with van der Waals surface area (Å²) < 4.78 is 2.03. The number of hydrogen-bond acceptors (Lipinski definition) is 2. The van der Waals surface area contributed by atoms with Crippen LogP contribution in [0.25, 0.3) is 0 Å². The smallest absolute Gasteiger partial charge is 0.0596 e. The van der Waals surface area contributed by atoms with E-state index in [2.05, 4.69) is 31.9 Å². The number of nitrogens with two attached hydrogens (primary N) is 1. The minimum atomic E-state index is 0.128. The van der Waals surface area contributed by atoms with Gasteiger partial charge in [0.1, 0.15) is 0 Å². The lowest BCUT2D eigenvalue weighted by Crippen LogP contribution is -2.29. The summed E-state index contributed by atoms with van der Waals surface area (Å²) >= 11 is 0. The summed E-state index contributed by atoms with van der Waals surface area (Å²) in [5, 5.41) is 4.40. The van der Waals surface area contributed by atoms with Gasteiger partial charge in [-0.25, -0.2) is 0 Å². The standard InChI is InChI=1S/C10H19N3/c1-8-5-9(2)13(12-8)7-10(3,4)6-11/h5H,6-7,11H2,1-4H3. The van der Waals surface area contributed by atoms with Crippen LogP contribution >= 0.6 is 0 Å². The van der Waals surface area contributed by atoms with Gasteiger partial charge in [0, 0.05) is 12.2 Å². The largest absolute Gasteiger partial charge is 0.330 e. The highest BCUT2D eigenvalue weighted by Crippen LogP contribution is 2.16. The number of nitrogens with zero attached hydrogens (tertiary/aromatic N) is 2. The third kappa shape index (κ3) is 2.56. The fourth-order valence-electron chi connectivity index (χ4n) is 1.30. The van der Waals surface area contributed by atoms with E-state index in [4.69, 9.17) is 5.73 Å². The van der Waals surface area contributed by atoms with Crippen LogP contribution in [0, 0.1) is 19.3 Å². The van der Waals surface area contributed by atoms with Crippen molar-refractivity contribution in [2.75, 3.05) is 6.54 Å². The molecule has 1 aromatic rings. The molecule has 1 heterocycles. The first-order valence-electron chi connectivity index (χ1n) is 4.66. The molecule has 74 valence electrons. The van der Waals surface area contributed by atoms with Crippen LogP contribution in [0.15, 0.2) is 6.07 Å². The Labute approximate surface area is 79.9 Å². The van der Waals surface area contributed by atoms with Crippen molar-refractivity contribution in [3.05, 3.63) is 17.5 Å². The molecular weight excluding hydrogens is 162 g/mol. The highest BCUT2D eigenvalue weighted by atomic mass is 15.3. The first-order valence-corrected chi connectivity index (χ1v) is 4.66. The van der Waals surface area contributed by atoms with Crippen molar-refractivity contribution < 1.29 is 0 Å². The van der Waals surface area contributed by atoms with Crippen molar-refractivity contribution >= 4 is 0 Å². The Bertz CT molecular complexity index is 286. The third-order valence-electron chi connectivity index (χ3n) is 2.23. The van der Waals surface area contributed by atoms with Gasteiger partial charge in [0.05, 0.1) is 5.69 Å². The molecule has 0 amide bonds. The maximum absolute atomic E-state index is 5.67. The van der Waals surface area contributed by atoms with Crippen LogP contribution in [0.5, 0.6) is 0 Å². The first kappa shape index (κ1) is 10.3. The normalized spacial score (nSPS) is 12.1. The Kier molecular flexibility index (Phi) is 2.76. The molecule has 0 aliphatic rings.